The molecule has 3 aliphatic rings. The Bertz CT molecular complexity index is 1430. The number of likely N-dealkylation sites (tertiary alicyclic amines) is 1. The van der Waals surface area contributed by atoms with Gasteiger partial charge in [-0.1, -0.05) is 60.7 Å². The van der Waals surface area contributed by atoms with Gasteiger partial charge in [-0.2, -0.15) is 0 Å². The summed E-state index contributed by atoms with van der Waals surface area (Å²) >= 11 is 1.71. The molecule has 3 heterocycles. The molecule has 240 valence electrons. The summed E-state index contributed by atoms with van der Waals surface area (Å²) in [5, 5.41) is 9.40. The van der Waals surface area contributed by atoms with E-state index in [9.17, 15) is 19.5 Å². The average molecular weight is 630 g/mol. The number of unbranched alkanes of at least 4 members (excludes halogenated alkanes) is 2. The van der Waals surface area contributed by atoms with Crippen molar-refractivity contribution in [3.05, 3.63) is 90.5 Å². The van der Waals surface area contributed by atoms with Gasteiger partial charge in [0.2, 0.25) is 11.8 Å². The second-order valence-corrected chi connectivity index (χ2v) is 14.9. The number of hydrogen-bond donors (Lipinski definition) is 1. The maximum Gasteiger partial charge on any atom is 0.251 e. The van der Waals surface area contributed by atoms with Gasteiger partial charge in [0.05, 0.1) is 16.6 Å². The second kappa shape index (κ2) is 13.6. The number of hydrogen-bond acceptors (Lipinski definition) is 5. The molecule has 3 saturated heterocycles. The third kappa shape index (κ3) is 5.87. The number of rotatable bonds is 14. The van der Waals surface area contributed by atoms with Gasteiger partial charge in [-0.25, -0.2) is 0 Å². The van der Waals surface area contributed by atoms with Crippen LogP contribution in [-0.4, -0.2) is 74.4 Å². The zero-order valence-corrected chi connectivity index (χ0v) is 27.7. The number of thioether (sulfide) groups is 1. The number of nitrogens with zero attached hydrogens (tertiary/aromatic N) is 3. The number of fused-ring (bicyclic) bond motifs is 1. The molecule has 0 radical (unpaired) electrons. The Labute approximate surface area is 272 Å². The molecule has 0 aromatic heterocycles. The number of benzene rings is 2. The van der Waals surface area contributed by atoms with Crippen LogP contribution in [0.2, 0.25) is 0 Å². The van der Waals surface area contributed by atoms with Crippen molar-refractivity contribution < 1.29 is 19.5 Å². The van der Waals surface area contributed by atoms with E-state index in [4.69, 9.17) is 0 Å². The first-order valence-corrected chi connectivity index (χ1v) is 17.0. The molecule has 7 nitrogen and oxygen atoms in total. The van der Waals surface area contributed by atoms with E-state index >= 15 is 0 Å². The highest BCUT2D eigenvalue weighted by Crippen LogP contribution is 2.71. The van der Waals surface area contributed by atoms with Gasteiger partial charge in [0.25, 0.3) is 5.91 Å². The normalized spacial score (nSPS) is 26.5. The van der Waals surface area contributed by atoms with Crippen molar-refractivity contribution in [2.75, 3.05) is 31.1 Å². The van der Waals surface area contributed by atoms with Crippen LogP contribution >= 0.6 is 11.8 Å². The van der Waals surface area contributed by atoms with E-state index in [1.165, 1.54) is 0 Å². The largest absolute Gasteiger partial charge is 0.396 e. The van der Waals surface area contributed by atoms with Gasteiger partial charge >= 0.3 is 0 Å². The molecule has 0 saturated carbocycles. The smallest absolute Gasteiger partial charge is 0.251 e. The van der Waals surface area contributed by atoms with E-state index in [-0.39, 0.29) is 24.3 Å². The van der Waals surface area contributed by atoms with Crippen LogP contribution in [0, 0.1) is 25.7 Å². The lowest BCUT2D eigenvalue weighted by Crippen LogP contribution is -2.55. The van der Waals surface area contributed by atoms with Crippen molar-refractivity contribution in [3.63, 3.8) is 0 Å². The lowest BCUT2D eigenvalue weighted by atomic mass is 9.66. The molecule has 1 spiro atoms. The number of aliphatic hydroxyl groups excluding tert-OH is 1. The molecular formula is C37H47N3O4S. The summed E-state index contributed by atoms with van der Waals surface area (Å²) in [6.07, 6.45) is 7.03. The highest BCUT2D eigenvalue weighted by Gasteiger charge is 2.77. The highest BCUT2D eigenvalue weighted by molar-refractivity contribution is 8.02. The summed E-state index contributed by atoms with van der Waals surface area (Å²) in [6.45, 7) is 15.7. The van der Waals surface area contributed by atoms with Gasteiger partial charge in [0.1, 0.15) is 6.04 Å². The molecule has 8 heteroatoms. The topological polar surface area (TPSA) is 81.2 Å². The second-order valence-electron chi connectivity index (χ2n) is 13.0. The molecule has 3 amide bonds. The predicted octanol–water partition coefficient (Wildman–Crippen LogP) is 5.68. The number of anilines is 1. The summed E-state index contributed by atoms with van der Waals surface area (Å²) in [5.41, 5.74) is 3.85. The molecular weight excluding hydrogens is 582 g/mol. The molecule has 3 fully saturated rings. The fourth-order valence-electron chi connectivity index (χ4n) is 8.08. The number of carbonyl (C=O) groups excluding carboxylic acids is 3. The van der Waals surface area contributed by atoms with Crippen molar-refractivity contribution in [3.8, 4) is 0 Å². The molecule has 2 unspecified atom stereocenters. The van der Waals surface area contributed by atoms with E-state index in [0.29, 0.717) is 45.4 Å². The van der Waals surface area contributed by atoms with Gasteiger partial charge in [0, 0.05) is 43.2 Å². The van der Waals surface area contributed by atoms with Crippen LogP contribution in [0.15, 0.2) is 73.8 Å². The molecule has 1 N–H and O–H groups in total. The van der Waals surface area contributed by atoms with Gasteiger partial charge in [-0.05, 0) is 69.6 Å². The maximum atomic E-state index is 15.0. The molecule has 2 aromatic rings. The van der Waals surface area contributed by atoms with Gasteiger partial charge in [-0.15, -0.1) is 24.9 Å². The molecule has 5 rings (SSSR count). The Morgan fingerprint density at radius 3 is 2.31 bits per heavy atom. The minimum atomic E-state index is -0.706. The van der Waals surface area contributed by atoms with Crippen molar-refractivity contribution in [1.82, 2.24) is 9.80 Å². The lowest BCUT2D eigenvalue weighted by molar-refractivity contribution is -0.145. The van der Waals surface area contributed by atoms with Crippen molar-refractivity contribution in [2.24, 2.45) is 11.8 Å². The third-order valence-corrected chi connectivity index (χ3v) is 12.0. The fraction of sp³-hybridized carbons (Fsp3) is 0.486. The van der Waals surface area contributed by atoms with Gasteiger partial charge in [-0.3, -0.25) is 14.4 Å². The van der Waals surface area contributed by atoms with Crippen molar-refractivity contribution >= 4 is 35.2 Å². The first-order valence-electron chi connectivity index (χ1n) is 16.2. The fourth-order valence-corrected chi connectivity index (χ4v) is 10.4. The van der Waals surface area contributed by atoms with Gasteiger partial charge < -0.3 is 19.8 Å². The molecule has 45 heavy (non-hydrogen) atoms. The Morgan fingerprint density at radius 1 is 0.978 bits per heavy atom. The number of aryl methyl sites for hydroxylation is 2. The number of aliphatic hydroxyl groups is 1. The standard InChI is InChI=1S/C37H47N3O4S/c1-6-21-38(25-28-17-10-8-11-18-28)33(42)29-30-34(43)40(23-12-9-13-24-41)32(37(30)20-19-36(29,5)45-37)35(44)39(22-7-2)31-26(3)15-14-16-27(31)4/h6-8,10-11,14-18,29-30,32,41H,1-2,9,12-13,19-25H2,3-5H3/t29-,30-,32?,36+,37?/m0/s1. The third-order valence-electron chi connectivity index (χ3n) is 10.00. The summed E-state index contributed by atoms with van der Waals surface area (Å²) in [6, 6.07) is 15.2. The van der Waals surface area contributed by atoms with Crippen LogP contribution in [0.1, 0.15) is 55.7 Å². The lowest BCUT2D eigenvalue weighted by Gasteiger charge is -2.38. The average Bonchev–Trinajstić information content (AvgIpc) is 3.59. The van der Waals surface area contributed by atoms with E-state index in [2.05, 4.69) is 20.1 Å². The Hall–Kier alpha value is -3.36. The van der Waals surface area contributed by atoms with E-state index in [0.717, 1.165) is 35.2 Å². The Kier molecular flexibility index (Phi) is 9.94. The zero-order chi connectivity index (χ0) is 32.4. The first kappa shape index (κ1) is 33.0. The molecule has 3 aliphatic heterocycles. The Morgan fingerprint density at radius 2 is 1.67 bits per heavy atom. The van der Waals surface area contributed by atoms with E-state index in [1.807, 2.05) is 67.3 Å². The van der Waals surface area contributed by atoms with Crippen LogP contribution in [0.3, 0.4) is 0 Å². The van der Waals surface area contributed by atoms with Crippen LogP contribution < -0.4 is 4.90 Å². The molecule has 0 aliphatic carbocycles. The SMILES string of the molecule is C=CCN(Cc1ccccc1)C(=O)[C@@H]1[C@H]2C(=O)N(CCCCCO)C(C(=O)N(CC=C)c3c(C)cccc3C)C23CC[C@@]1(C)S3. The molecule has 2 aromatic carbocycles. The molecule has 2 bridgehead atoms. The number of amides is 3. The predicted molar refractivity (Wildman–Crippen MR) is 182 cm³/mol. The van der Waals surface area contributed by atoms with E-state index < -0.39 is 27.4 Å². The van der Waals surface area contributed by atoms with Crippen molar-refractivity contribution in [2.45, 2.75) is 75.0 Å². The van der Waals surface area contributed by atoms with E-state index in [1.54, 1.807) is 33.7 Å². The minimum absolute atomic E-state index is 0.0419. The van der Waals surface area contributed by atoms with Crippen LogP contribution in [0.25, 0.3) is 0 Å². The quantitative estimate of drug-likeness (QED) is 0.215. The van der Waals surface area contributed by atoms with Crippen LogP contribution in [0.5, 0.6) is 0 Å². The Balaban J connectivity index is 1.56. The molecule has 5 atom stereocenters. The summed E-state index contributed by atoms with van der Waals surface area (Å²) < 4.78 is -1.17. The monoisotopic (exact) mass is 629 g/mol. The van der Waals surface area contributed by atoms with Crippen molar-refractivity contribution in [1.29, 1.82) is 0 Å². The number of para-hydroxylation sites is 1. The van der Waals surface area contributed by atoms with Crippen LogP contribution in [0.4, 0.5) is 5.69 Å². The number of carbonyl (C=O) groups is 3. The minimum Gasteiger partial charge on any atom is -0.396 e. The first-order chi connectivity index (χ1) is 21.6. The van der Waals surface area contributed by atoms with Gasteiger partial charge in [0.15, 0.2) is 0 Å². The summed E-state index contributed by atoms with van der Waals surface area (Å²) in [5.74, 6) is -1.38. The maximum absolute atomic E-state index is 15.0. The summed E-state index contributed by atoms with van der Waals surface area (Å²) in [4.78, 5) is 49.7. The highest BCUT2D eigenvalue weighted by atomic mass is 32.2. The zero-order valence-electron chi connectivity index (χ0n) is 26.9. The summed E-state index contributed by atoms with van der Waals surface area (Å²) in [7, 11) is 0. The van der Waals surface area contributed by atoms with Crippen LogP contribution in [-0.2, 0) is 20.9 Å².